The molecule has 0 spiro atoms. The number of thiophene rings is 1. The molecule has 10 heteroatoms. The Labute approximate surface area is 173 Å². The SMILES string of the molecule is C=CCn1c(COc2ccccc2F)nnc1SCc1nc2ccsc2c(=O)[nH]1. The van der Waals surface area contributed by atoms with Crippen LogP contribution in [-0.4, -0.2) is 24.7 Å². The molecule has 0 saturated heterocycles. The lowest BCUT2D eigenvalue weighted by molar-refractivity contribution is 0.275. The molecule has 4 aromatic rings. The van der Waals surface area contributed by atoms with Crippen molar-refractivity contribution in [2.45, 2.75) is 24.1 Å². The minimum absolute atomic E-state index is 0.0677. The molecular weight excluding hydrogens is 413 g/mol. The number of ether oxygens (including phenoxy) is 1. The Morgan fingerprint density at radius 3 is 3.00 bits per heavy atom. The predicted octanol–water partition coefficient (Wildman–Crippen LogP) is 3.77. The summed E-state index contributed by atoms with van der Waals surface area (Å²) in [6.07, 6.45) is 1.72. The molecule has 0 radical (unpaired) electrons. The monoisotopic (exact) mass is 429 g/mol. The fourth-order valence-electron chi connectivity index (χ4n) is 2.67. The van der Waals surface area contributed by atoms with E-state index in [1.54, 1.807) is 24.3 Å². The van der Waals surface area contributed by atoms with Gasteiger partial charge in [0.25, 0.3) is 5.56 Å². The molecule has 4 rings (SSSR count). The summed E-state index contributed by atoms with van der Waals surface area (Å²) in [5.74, 6) is 1.25. The van der Waals surface area contributed by atoms with Crippen molar-refractivity contribution >= 4 is 33.3 Å². The zero-order valence-corrected chi connectivity index (χ0v) is 16.8. The normalized spacial score (nSPS) is 11.1. The van der Waals surface area contributed by atoms with E-state index in [1.165, 1.54) is 29.2 Å². The van der Waals surface area contributed by atoms with E-state index in [9.17, 15) is 9.18 Å². The quantitative estimate of drug-likeness (QED) is 0.339. The highest BCUT2D eigenvalue weighted by molar-refractivity contribution is 7.98. The molecule has 148 valence electrons. The van der Waals surface area contributed by atoms with E-state index in [1.807, 2.05) is 16.0 Å². The van der Waals surface area contributed by atoms with Gasteiger partial charge in [0.15, 0.2) is 22.5 Å². The first kappa shape index (κ1) is 19.3. The van der Waals surface area contributed by atoms with Gasteiger partial charge < -0.3 is 9.72 Å². The van der Waals surface area contributed by atoms with Gasteiger partial charge in [0.05, 0.1) is 11.3 Å². The van der Waals surface area contributed by atoms with Crippen molar-refractivity contribution in [3.05, 3.63) is 76.2 Å². The van der Waals surface area contributed by atoms with Crippen LogP contribution in [0, 0.1) is 5.82 Å². The number of allylic oxidation sites excluding steroid dienone is 1. The fourth-order valence-corrected chi connectivity index (χ4v) is 4.23. The van der Waals surface area contributed by atoms with Gasteiger partial charge in [-0.25, -0.2) is 9.37 Å². The summed E-state index contributed by atoms with van der Waals surface area (Å²) in [5.41, 5.74) is 0.535. The van der Waals surface area contributed by atoms with Crippen LogP contribution in [0.15, 0.2) is 58.3 Å². The molecule has 0 aliphatic heterocycles. The number of hydrogen-bond acceptors (Lipinski definition) is 7. The summed E-state index contributed by atoms with van der Waals surface area (Å²) < 4.78 is 21.7. The molecule has 0 fully saturated rings. The number of aromatic amines is 1. The van der Waals surface area contributed by atoms with E-state index < -0.39 is 5.82 Å². The summed E-state index contributed by atoms with van der Waals surface area (Å²) >= 11 is 2.75. The van der Waals surface area contributed by atoms with Crippen molar-refractivity contribution in [3.63, 3.8) is 0 Å². The smallest absolute Gasteiger partial charge is 0.268 e. The largest absolute Gasteiger partial charge is 0.483 e. The summed E-state index contributed by atoms with van der Waals surface area (Å²) in [7, 11) is 0. The number of rotatable bonds is 8. The van der Waals surface area contributed by atoms with E-state index in [0.717, 1.165) is 0 Å². The van der Waals surface area contributed by atoms with Crippen LogP contribution in [0.25, 0.3) is 10.2 Å². The molecule has 0 saturated carbocycles. The Kier molecular flexibility index (Phi) is 5.72. The van der Waals surface area contributed by atoms with Gasteiger partial charge in [-0.15, -0.1) is 28.1 Å². The van der Waals surface area contributed by atoms with Gasteiger partial charge in [-0.3, -0.25) is 9.36 Å². The topological polar surface area (TPSA) is 85.7 Å². The number of hydrogen-bond donors (Lipinski definition) is 1. The van der Waals surface area contributed by atoms with E-state index in [4.69, 9.17) is 4.74 Å². The Balaban J connectivity index is 1.50. The zero-order chi connectivity index (χ0) is 20.2. The highest BCUT2D eigenvalue weighted by Gasteiger charge is 2.14. The number of nitrogens with one attached hydrogen (secondary N) is 1. The van der Waals surface area contributed by atoms with Crippen molar-refractivity contribution in [3.8, 4) is 5.75 Å². The highest BCUT2D eigenvalue weighted by Crippen LogP contribution is 2.23. The number of nitrogens with zero attached hydrogens (tertiary/aromatic N) is 4. The van der Waals surface area contributed by atoms with Gasteiger partial charge in [-0.05, 0) is 23.6 Å². The van der Waals surface area contributed by atoms with Crippen molar-refractivity contribution < 1.29 is 9.13 Å². The van der Waals surface area contributed by atoms with Gasteiger partial charge in [0.1, 0.15) is 17.1 Å². The molecule has 0 aliphatic carbocycles. The van der Waals surface area contributed by atoms with Crippen molar-refractivity contribution in [2.75, 3.05) is 0 Å². The van der Waals surface area contributed by atoms with E-state index in [0.29, 0.717) is 39.3 Å². The fraction of sp³-hybridized carbons (Fsp3) is 0.158. The van der Waals surface area contributed by atoms with E-state index >= 15 is 0 Å². The number of para-hydroxylation sites is 1. The van der Waals surface area contributed by atoms with Gasteiger partial charge >= 0.3 is 0 Å². The lowest BCUT2D eigenvalue weighted by Crippen LogP contribution is -2.10. The Bertz CT molecular complexity index is 1220. The first-order valence-corrected chi connectivity index (χ1v) is 10.5. The molecule has 0 amide bonds. The van der Waals surface area contributed by atoms with Crippen LogP contribution in [0.5, 0.6) is 5.75 Å². The average molecular weight is 430 g/mol. The molecule has 0 unspecified atom stereocenters. The second kappa shape index (κ2) is 8.58. The molecule has 0 atom stereocenters. The minimum atomic E-state index is -0.435. The van der Waals surface area contributed by atoms with Crippen LogP contribution in [0.2, 0.25) is 0 Å². The molecule has 3 aromatic heterocycles. The lowest BCUT2D eigenvalue weighted by Gasteiger charge is -2.09. The molecule has 0 bridgehead atoms. The third kappa shape index (κ3) is 4.22. The number of fused-ring (bicyclic) bond motifs is 1. The van der Waals surface area contributed by atoms with Crippen LogP contribution in [0.1, 0.15) is 11.6 Å². The summed E-state index contributed by atoms with van der Waals surface area (Å²) in [6, 6.07) is 8.02. The molecule has 29 heavy (non-hydrogen) atoms. The minimum Gasteiger partial charge on any atom is -0.483 e. The Hall–Kier alpha value is -2.98. The van der Waals surface area contributed by atoms with E-state index in [-0.39, 0.29) is 17.9 Å². The van der Waals surface area contributed by atoms with Crippen LogP contribution in [0.3, 0.4) is 0 Å². The standard InChI is InChI=1S/C19H16FN5O2S2/c1-2-8-25-16(10-27-14-6-4-3-5-12(14)20)23-24-19(25)29-11-15-21-13-7-9-28-17(13)18(26)22-15/h2-7,9H,1,8,10-11H2,(H,21,22,26). The van der Waals surface area contributed by atoms with E-state index in [2.05, 4.69) is 26.7 Å². The molecule has 3 heterocycles. The molecule has 1 N–H and O–H groups in total. The summed E-state index contributed by atoms with van der Waals surface area (Å²) in [5, 5.41) is 10.8. The maximum atomic E-state index is 13.8. The molecule has 0 aliphatic rings. The van der Waals surface area contributed by atoms with Crippen molar-refractivity contribution in [1.82, 2.24) is 24.7 Å². The third-order valence-electron chi connectivity index (χ3n) is 4.00. The Morgan fingerprint density at radius 2 is 2.17 bits per heavy atom. The van der Waals surface area contributed by atoms with Gasteiger partial charge in [0, 0.05) is 6.54 Å². The average Bonchev–Trinajstić information content (AvgIpc) is 3.34. The Morgan fingerprint density at radius 1 is 1.31 bits per heavy atom. The van der Waals surface area contributed by atoms with Crippen molar-refractivity contribution in [1.29, 1.82) is 0 Å². The van der Waals surface area contributed by atoms with Gasteiger partial charge in [-0.2, -0.15) is 0 Å². The molecular formula is C19H16FN5O2S2. The first-order valence-electron chi connectivity index (χ1n) is 8.65. The number of aromatic nitrogens is 5. The summed E-state index contributed by atoms with van der Waals surface area (Å²) in [6.45, 7) is 4.30. The lowest BCUT2D eigenvalue weighted by atomic mass is 10.3. The number of halogens is 1. The van der Waals surface area contributed by atoms with Crippen molar-refractivity contribution in [2.24, 2.45) is 0 Å². The van der Waals surface area contributed by atoms with Gasteiger partial charge in [-0.1, -0.05) is 30.0 Å². The highest BCUT2D eigenvalue weighted by atomic mass is 32.2. The van der Waals surface area contributed by atoms with Crippen LogP contribution >= 0.6 is 23.1 Å². The second-order valence-electron chi connectivity index (χ2n) is 5.95. The van der Waals surface area contributed by atoms with Crippen LogP contribution < -0.4 is 10.3 Å². The summed E-state index contributed by atoms with van der Waals surface area (Å²) in [4.78, 5) is 19.4. The maximum absolute atomic E-state index is 13.8. The first-order chi connectivity index (χ1) is 14.2. The molecule has 7 nitrogen and oxygen atoms in total. The number of benzene rings is 1. The van der Waals surface area contributed by atoms with Crippen LogP contribution in [0.4, 0.5) is 4.39 Å². The second-order valence-corrected chi connectivity index (χ2v) is 7.81. The maximum Gasteiger partial charge on any atom is 0.268 e. The van der Waals surface area contributed by atoms with Gasteiger partial charge in [0.2, 0.25) is 0 Å². The predicted molar refractivity (Wildman–Crippen MR) is 111 cm³/mol. The molecule has 1 aromatic carbocycles. The third-order valence-corrected chi connectivity index (χ3v) is 5.88. The number of thioether (sulfide) groups is 1. The van der Waals surface area contributed by atoms with Crippen LogP contribution in [-0.2, 0) is 18.9 Å². The number of H-pyrrole nitrogens is 1. The zero-order valence-electron chi connectivity index (χ0n) is 15.2.